The van der Waals surface area contributed by atoms with E-state index in [1.165, 1.54) is 76.3 Å². The maximum atomic E-state index is 14.6. The van der Waals surface area contributed by atoms with Crippen LogP contribution in [0, 0.1) is 41.3 Å². The molecule has 5 heteroatoms. The molecule has 3 saturated carbocycles. The first-order valence-electron chi connectivity index (χ1n) is 14.4. The highest BCUT2D eigenvalue weighted by atomic mass is 19.4. The van der Waals surface area contributed by atoms with Gasteiger partial charge in [0.25, 0.3) is 0 Å². The zero-order valence-corrected chi connectivity index (χ0v) is 21.9. The Balaban J connectivity index is 1.23. The summed E-state index contributed by atoms with van der Waals surface area (Å²) in [5.74, 6) is 3.06. The zero-order chi connectivity index (χ0) is 25.7. The first kappa shape index (κ1) is 27.5. The second-order valence-corrected chi connectivity index (χ2v) is 11.7. The number of alkyl halides is 3. The molecule has 0 atom stereocenters. The van der Waals surface area contributed by atoms with Crippen LogP contribution in [0.15, 0.2) is 24.8 Å². The van der Waals surface area contributed by atoms with E-state index in [1.807, 2.05) is 0 Å². The van der Waals surface area contributed by atoms with Gasteiger partial charge in [-0.05, 0) is 131 Å². The molecule has 202 valence electrons. The number of aryl methyl sites for hydroxylation is 1. The van der Waals surface area contributed by atoms with Crippen molar-refractivity contribution in [3.05, 3.63) is 41.7 Å². The summed E-state index contributed by atoms with van der Waals surface area (Å²) in [5.41, 5.74) is -1.08. The van der Waals surface area contributed by atoms with E-state index >= 15 is 0 Å². The van der Waals surface area contributed by atoms with Gasteiger partial charge in [-0.3, -0.25) is 0 Å². The fraction of sp³-hybridized carbons (Fsp3) is 0.742. The Labute approximate surface area is 215 Å². The van der Waals surface area contributed by atoms with Crippen molar-refractivity contribution in [2.24, 2.45) is 35.5 Å². The Morgan fingerprint density at radius 3 is 1.81 bits per heavy atom. The lowest BCUT2D eigenvalue weighted by Gasteiger charge is -2.41. The summed E-state index contributed by atoms with van der Waals surface area (Å²) >= 11 is 0. The monoisotopic (exact) mass is 508 g/mol. The molecular formula is C31H44F4O. The summed E-state index contributed by atoms with van der Waals surface area (Å²) in [7, 11) is 0. The van der Waals surface area contributed by atoms with Crippen molar-refractivity contribution in [1.82, 2.24) is 0 Å². The van der Waals surface area contributed by atoms with Crippen LogP contribution >= 0.6 is 0 Å². The molecule has 0 radical (unpaired) electrons. The van der Waals surface area contributed by atoms with Crippen molar-refractivity contribution in [3.8, 4) is 5.75 Å². The fourth-order valence-electron chi connectivity index (χ4n) is 7.63. The van der Waals surface area contributed by atoms with E-state index in [2.05, 4.69) is 12.7 Å². The minimum atomic E-state index is -4.71. The number of rotatable bonds is 8. The van der Waals surface area contributed by atoms with Gasteiger partial charge in [-0.1, -0.05) is 25.0 Å². The summed E-state index contributed by atoms with van der Waals surface area (Å²) in [6.45, 7) is 5.75. The predicted octanol–water partition coefficient (Wildman–Crippen LogP) is 9.78. The van der Waals surface area contributed by atoms with E-state index in [4.69, 9.17) is 4.74 Å². The molecule has 0 spiro atoms. The minimum Gasteiger partial charge on any atom is -0.491 e. The van der Waals surface area contributed by atoms with E-state index < -0.39 is 17.6 Å². The summed E-state index contributed by atoms with van der Waals surface area (Å²) in [5, 5.41) is 0. The number of hydrogen-bond acceptors (Lipinski definition) is 1. The van der Waals surface area contributed by atoms with Crippen LogP contribution < -0.4 is 4.74 Å². The van der Waals surface area contributed by atoms with Gasteiger partial charge in [-0.2, -0.15) is 13.2 Å². The molecule has 0 saturated heterocycles. The summed E-state index contributed by atoms with van der Waals surface area (Å²) in [6, 6.07) is 2.76. The molecule has 0 bridgehead atoms. The lowest BCUT2D eigenvalue weighted by atomic mass is 9.65. The highest BCUT2D eigenvalue weighted by Crippen LogP contribution is 2.46. The Morgan fingerprint density at radius 1 is 0.833 bits per heavy atom. The molecule has 1 aromatic carbocycles. The molecule has 3 aliphatic carbocycles. The predicted molar refractivity (Wildman–Crippen MR) is 137 cm³/mol. The van der Waals surface area contributed by atoms with Crippen LogP contribution in [0.25, 0.3) is 0 Å². The molecule has 4 rings (SSSR count). The van der Waals surface area contributed by atoms with E-state index in [9.17, 15) is 17.6 Å². The highest BCUT2D eigenvalue weighted by Gasteiger charge is 2.39. The van der Waals surface area contributed by atoms with Gasteiger partial charge in [-0.15, -0.1) is 6.58 Å². The molecule has 0 aliphatic heterocycles. The Hall–Kier alpha value is -1.52. The molecule has 0 amide bonds. The van der Waals surface area contributed by atoms with Crippen molar-refractivity contribution in [3.63, 3.8) is 0 Å². The van der Waals surface area contributed by atoms with Gasteiger partial charge in [0, 0.05) is 0 Å². The van der Waals surface area contributed by atoms with Gasteiger partial charge >= 0.3 is 6.18 Å². The van der Waals surface area contributed by atoms with Crippen LogP contribution in [0.4, 0.5) is 17.6 Å². The molecule has 1 nitrogen and oxygen atoms in total. The van der Waals surface area contributed by atoms with Gasteiger partial charge in [0.15, 0.2) is 11.6 Å². The van der Waals surface area contributed by atoms with E-state index in [-0.39, 0.29) is 24.3 Å². The van der Waals surface area contributed by atoms with Crippen LogP contribution in [-0.2, 0) is 12.6 Å². The van der Waals surface area contributed by atoms with Crippen molar-refractivity contribution in [2.75, 3.05) is 6.61 Å². The van der Waals surface area contributed by atoms with Crippen molar-refractivity contribution in [2.45, 2.75) is 103 Å². The molecule has 0 N–H and O–H groups in total. The number of benzene rings is 1. The van der Waals surface area contributed by atoms with Crippen LogP contribution in [0.5, 0.6) is 5.75 Å². The quantitative estimate of drug-likeness (QED) is 0.251. The van der Waals surface area contributed by atoms with E-state index in [1.54, 1.807) is 6.92 Å². The third kappa shape index (κ3) is 6.67. The third-order valence-electron chi connectivity index (χ3n) is 9.79. The molecule has 0 aromatic heterocycles. The largest absolute Gasteiger partial charge is 0.491 e. The maximum Gasteiger partial charge on any atom is 0.419 e. The summed E-state index contributed by atoms with van der Waals surface area (Å²) in [4.78, 5) is 0. The van der Waals surface area contributed by atoms with E-state index in [0.717, 1.165) is 42.4 Å². The van der Waals surface area contributed by atoms with Crippen LogP contribution in [0.3, 0.4) is 0 Å². The van der Waals surface area contributed by atoms with Crippen molar-refractivity contribution >= 4 is 0 Å². The van der Waals surface area contributed by atoms with Gasteiger partial charge in [0.2, 0.25) is 0 Å². The first-order chi connectivity index (χ1) is 17.3. The summed E-state index contributed by atoms with van der Waals surface area (Å²) < 4.78 is 60.5. The maximum absolute atomic E-state index is 14.6. The van der Waals surface area contributed by atoms with Crippen LogP contribution in [-0.4, -0.2) is 6.61 Å². The topological polar surface area (TPSA) is 9.23 Å². The summed E-state index contributed by atoms with van der Waals surface area (Å²) in [6.07, 6.45) is 13.9. The third-order valence-corrected chi connectivity index (χ3v) is 9.79. The van der Waals surface area contributed by atoms with Crippen LogP contribution in [0.1, 0.15) is 102 Å². The second kappa shape index (κ2) is 12.3. The second-order valence-electron chi connectivity index (χ2n) is 11.7. The van der Waals surface area contributed by atoms with Gasteiger partial charge in [-0.25, -0.2) is 4.39 Å². The standard InChI is InChI=1S/C31H44F4O/c1-3-21-5-10-23(11-6-21)25-15-17-26(18-16-25)24-12-7-22(8-13-24)9-14-27-19-20-28(36-4-2)30(32)29(27)31(33,34)35/h3,19-26H,1,4-18H2,2H3. The minimum absolute atomic E-state index is 0.0611. The normalized spacial score (nSPS) is 31.7. The van der Waals surface area contributed by atoms with Crippen molar-refractivity contribution in [1.29, 1.82) is 0 Å². The Bertz CT molecular complexity index is 839. The zero-order valence-electron chi connectivity index (χ0n) is 21.9. The SMILES string of the molecule is C=CC1CCC(C2CCC(C3CCC(CCc4ccc(OCC)c(F)c4C(F)(F)F)CC3)CC2)CC1. The molecule has 1 aromatic rings. The number of hydrogen-bond donors (Lipinski definition) is 0. The lowest BCUT2D eigenvalue weighted by Crippen LogP contribution is -2.29. The molecular weight excluding hydrogens is 464 g/mol. The number of allylic oxidation sites excluding steroid dienone is 1. The Kier molecular flexibility index (Phi) is 9.44. The first-order valence-corrected chi connectivity index (χ1v) is 14.4. The van der Waals surface area contributed by atoms with Gasteiger partial charge in [0.05, 0.1) is 12.2 Å². The molecule has 3 fully saturated rings. The average Bonchev–Trinajstić information content (AvgIpc) is 2.88. The fourth-order valence-corrected chi connectivity index (χ4v) is 7.63. The molecule has 0 unspecified atom stereocenters. The molecule has 36 heavy (non-hydrogen) atoms. The Morgan fingerprint density at radius 2 is 1.33 bits per heavy atom. The van der Waals surface area contributed by atoms with Crippen LogP contribution in [0.2, 0.25) is 0 Å². The molecule has 3 aliphatic rings. The smallest absolute Gasteiger partial charge is 0.419 e. The highest BCUT2D eigenvalue weighted by molar-refractivity contribution is 5.39. The number of ether oxygens (including phenoxy) is 1. The van der Waals surface area contributed by atoms with Crippen molar-refractivity contribution < 1.29 is 22.3 Å². The van der Waals surface area contributed by atoms with Gasteiger partial charge in [0.1, 0.15) is 0 Å². The lowest BCUT2D eigenvalue weighted by molar-refractivity contribution is -0.140. The van der Waals surface area contributed by atoms with Gasteiger partial charge < -0.3 is 4.74 Å². The average molecular weight is 509 g/mol. The van der Waals surface area contributed by atoms with E-state index in [0.29, 0.717) is 12.3 Å². The number of halogens is 4. The molecule has 0 heterocycles.